The highest BCUT2D eigenvalue weighted by Gasteiger charge is 2.21. The normalized spacial score (nSPS) is 11.1. The highest BCUT2D eigenvalue weighted by Crippen LogP contribution is 2.21. The minimum atomic E-state index is -0.0604. The Kier molecular flexibility index (Phi) is 9.12. The number of nitrogens with one attached hydrogen (secondary N) is 1. The van der Waals surface area contributed by atoms with Gasteiger partial charge in [-0.2, -0.15) is 0 Å². The summed E-state index contributed by atoms with van der Waals surface area (Å²) in [5, 5.41) is 2.99. The number of aromatic nitrogens is 2. The van der Waals surface area contributed by atoms with Crippen LogP contribution in [0.5, 0.6) is 0 Å². The van der Waals surface area contributed by atoms with E-state index in [0.29, 0.717) is 12.1 Å². The summed E-state index contributed by atoms with van der Waals surface area (Å²) in [4.78, 5) is 32.5. The summed E-state index contributed by atoms with van der Waals surface area (Å²) in [5.41, 5.74) is 3.43. The van der Waals surface area contributed by atoms with Gasteiger partial charge in [-0.3, -0.25) is 9.59 Å². The second kappa shape index (κ2) is 12.7. The molecule has 0 saturated heterocycles. The van der Waals surface area contributed by atoms with E-state index in [0.717, 1.165) is 52.7 Å². The van der Waals surface area contributed by atoms with Gasteiger partial charge in [-0.15, -0.1) is 0 Å². The number of amides is 2. The molecule has 0 aliphatic carbocycles. The van der Waals surface area contributed by atoms with Crippen molar-refractivity contribution in [1.82, 2.24) is 14.9 Å². The van der Waals surface area contributed by atoms with Gasteiger partial charge in [0.2, 0.25) is 5.91 Å². The first kappa shape index (κ1) is 26.6. The Bertz CT molecular complexity index is 1350. The van der Waals surface area contributed by atoms with E-state index in [1.54, 1.807) is 0 Å². The molecular formula is C30H33BrN4O2. The monoisotopic (exact) mass is 560 g/mol. The molecule has 4 rings (SSSR count). The Morgan fingerprint density at radius 3 is 2.46 bits per heavy atom. The van der Waals surface area contributed by atoms with E-state index in [9.17, 15) is 9.59 Å². The lowest BCUT2D eigenvalue weighted by Crippen LogP contribution is -2.39. The summed E-state index contributed by atoms with van der Waals surface area (Å²) in [6, 6.07) is 25.2. The van der Waals surface area contributed by atoms with Crippen LogP contribution in [0.2, 0.25) is 0 Å². The van der Waals surface area contributed by atoms with Gasteiger partial charge in [0.15, 0.2) is 0 Å². The maximum absolute atomic E-state index is 13.5. The third-order valence-corrected chi connectivity index (χ3v) is 6.79. The zero-order valence-electron chi connectivity index (χ0n) is 21.4. The van der Waals surface area contributed by atoms with Crippen molar-refractivity contribution in [1.29, 1.82) is 0 Å². The molecule has 0 fully saturated rings. The summed E-state index contributed by atoms with van der Waals surface area (Å²) >= 11 is 3.40. The van der Waals surface area contributed by atoms with Gasteiger partial charge in [0.1, 0.15) is 12.4 Å². The van der Waals surface area contributed by atoms with Crippen LogP contribution < -0.4 is 10.2 Å². The number of unbranched alkanes of at least 4 members (excludes halogenated alkanes) is 2. The van der Waals surface area contributed by atoms with E-state index in [4.69, 9.17) is 4.98 Å². The molecule has 7 heteroatoms. The van der Waals surface area contributed by atoms with Gasteiger partial charge in [0, 0.05) is 34.7 Å². The van der Waals surface area contributed by atoms with Crippen LogP contribution in [0.4, 0.5) is 5.69 Å². The number of hydrogen-bond acceptors (Lipinski definition) is 3. The fourth-order valence-corrected chi connectivity index (χ4v) is 4.94. The average Bonchev–Trinajstić information content (AvgIpc) is 3.23. The van der Waals surface area contributed by atoms with Crippen LogP contribution in [0.3, 0.4) is 0 Å². The fourth-order valence-electron chi connectivity index (χ4n) is 4.54. The van der Waals surface area contributed by atoms with Crippen molar-refractivity contribution in [2.75, 3.05) is 11.4 Å². The first-order chi connectivity index (χ1) is 17.9. The lowest BCUT2D eigenvalue weighted by Gasteiger charge is -2.27. The molecule has 192 valence electrons. The number of benzene rings is 3. The lowest BCUT2D eigenvalue weighted by molar-refractivity contribution is -0.119. The van der Waals surface area contributed by atoms with Crippen molar-refractivity contribution in [3.63, 3.8) is 0 Å². The Morgan fingerprint density at radius 2 is 1.70 bits per heavy atom. The molecule has 1 N–H and O–H groups in total. The second-order valence-corrected chi connectivity index (χ2v) is 10.3. The molecule has 2 amide bonds. The zero-order valence-corrected chi connectivity index (χ0v) is 22.9. The van der Waals surface area contributed by atoms with Gasteiger partial charge in [-0.25, -0.2) is 4.98 Å². The molecule has 1 aromatic heterocycles. The second-order valence-electron chi connectivity index (χ2n) is 9.37. The SMILES string of the molecule is CC(C)N(C(=O)Cn1c(CCCCCNC(=O)c2cccc(Br)c2)nc2ccccc21)c1ccccc1. The van der Waals surface area contributed by atoms with Gasteiger partial charge < -0.3 is 14.8 Å². The Balaban J connectivity index is 1.37. The van der Waals surface area contributed by atoms with Crippen LogP contribution in [0, 0.1) is 0 Å². The van der Waals surface area contributed by atoms with Gasteiger partial charge in [0.05, 0.1) is 11.0 Å². The summed E-state index contributed by atoms with van der Waals surface area (Å²) in [6.45, 7) is 4.94. The Hall–Kier alpha value is -3.45. The van der Waals surface area contributed by atoms with E-state index < -0.39 is 0 Å². The Morgan fingerprint density at radius 1 is 0.946 bits per heavy atom. The molecule has 37 heavy (non-hydrogen) atoms. The molecule has 1 heterocycles. The Labute approximate surface area is 226 Å². The van der Waals surface area contributed by atoms with Crippen LogP contribution >= 0.6 is 15.9 Å². The number of imidazole rings is 1. The van der Waals surface area contributed by atoms with Gasteiger partial charge in [0.25, 0.3) is 5.91 Å². The number of anilines is 1. The van der Waals surface area contributed by atoms with Crippen LogP contribution in [0.1, 0.15) is 49.3 Å². The molecule has 0 unspecified atom stereocenters. The minimum Gasteiger partial charge on any atom is -0.352 e. The summed E-state index contributed by atoms with van der Waals surface area (Å²) < 4.78 is 2.95. The van der Waals surface area contributed by atoms with E-state index in [1.165, 1.54) is 0 Å². The van der Waals surface area contributed by atoms with Crippen LogP contribution in [0.25, 0.3) is 11.0 Å². The van der Waals surface area contributed by atoms with Crippen molar-refractivity contribution < 1.29 is 9.59 Å². The van der Waals surface area contributed by atoms with E-state index >= 15 is 0 Å². The molecule has 0 spiro atoms. The molecule has 0 radical (unpaired) electrons. The topological polar surface area (TPSA) is 67.2 Å². The quantitative estimate of drug-likeness (QED) is 0.216. The smallest absolute Gasteiger partial charge is 0.251 e. The van der Waals surface area contributed by atoms with Gasteiger partial charge >= 0.3 is 0 Å². The van der Waals surface area contributed by atoms with E-state index in [1.807, 2.05) is 97.6 Å². The van der Waals surface area contributed by atoms with Crippen LogP contribution in [-0.2, 0) is 17.8 Å². The highest BCUT2D eigenvalue weighted by molar-refractivity contribution is 9.10. The third-order valence-electron chi connectivity index (χ3n) is 6.30. The number of nitrogens with zero attached hydrogens (tertiary/aromatic N) is 3. The molecule has 4 aromatic rings. The first-order valence-electron chi connectivity index (χ1n) is 12.8. The predicted molar refractivity (Wildman–Crippen MR) is 153 cm³/mol. The predicted octanol–water partition coefficient (Wildman–Crippen LogP) is 6.38. The number of hydrogen-bond donors (Lipinski definition) is 1. The first-order valence-corrected chi connectivity index (χ1v) is 13.6. The van der Waals surface area contributed by atoms with Gasteiger partial charge in [-0.1, -0.05) is 58.7 Å². The molecule has 0 bridgehead atoms. The highest BCUT2D eigenvalue weighted by atomic mass is 79.9. The fraction of sp³-hybridized carbons (Fsp3) is 0.300. The average molecular weight is 562 g/mol. The number of para-hydroxylation sites is 3. The van der Waals surface area contributed by atoms with Crippen molar-refractivity contribution in [2.45, 2.75) is 52.1 Å². The van der Waals surface area contributed by atoms with E-state index in [-0.39, 0.29) is 24.4 Å². The molecule has 0 atom stereocenters. The number of aryl methyl sites for hydroxylation is 1. The maximum Gasteiger partial charge on any atom is 0.251 e. The third kappa shape index (κ3) is 6.86. The molecule has 0 saturated carbocycles. The molecular weight excluding hydrogens is 528 g/mol. The minimum absolute atomic E-state index is 0.0420. The number of carbonyl (C=O) groups is 2. The van der Waals surface area contributed by atoms with E-state index in [2.05, 4.69) is 25.8 Å². The van der Waals surface area contributed by atoms with Gasteiger partial charge in [-0.05, 0) is 69.2 Å². The maximum atomic E-state index is 13.5. The molecule has 3 aromatic carbocycles. The lowest BCUT2D eigenvalue weighted by atomic mass is 10.1. The van der Waals surface area contributed by atoms with Crippen molar-refractivity contribution in [3.8, 4) is 0 Å². The number of fused-ring (bicyclic) bond motifs is 1. The summed E-state index contributed by atoms with van der Waals surface area (Å²) in [6.07, 6.45) is 3.54. The van der Waals surface area contributed by atoms with Crippen molar-refractivity contribution in [3.05, 3.63) is 94.7 Å². The zero-order chi connectivity index (χ0) is 26.2. The molecule has 6 nitrogen and oxygen atoms in total. The number of halogens is 1. The van der Waals surface area contributed by atoms with Crippen molar-refractivity contribution >= 4 is 44.5 Å². The van der Waals surface area contributed by atoms with Crippen molar-refractivity contribution in [2.24, 2.45) is 0 Å². The molecule has 0 aliphatic rings. The largest absolute Gasteiger partial charge is 0.352 e. The number of carbonyl (C=O) groups excluding carboxylic acids is 2. The summed E-state index contributed by atoms with van der Waals surface area (Å²) in [7, 11) is 0. The standard InChI is InChI=1S/C30H33BrN4O2/c1-22(2)35(25-14-5-3-6-15-25)29(36)21-34-27-17-9-8-16-26(27)33-28(34)18-7-4-10-19-32-30(37)23-12-11-13-24(31)20-23/h3,5-6,8-9,11-17,20,22H,4,7,10,18-19,21H2,1-2H3,(H,32,37). The number of rotatable bonds is 11. The van der Waals surface area contributed by atoms with Crippen LogP contribution in [-0.4, -0.2) is 34.0 Å². The summed E-state index contributed by atoms with van der Waals surface area (Å²) in [5.74, 6) is 0.903. The molecule has 0 aliphatic heterocycles. The van der Waals surface area contributed by atoms with Crippen LogP contribution in [0.15, 0.2) is 83.3 Å².